The lowest BCUT2D eigenvalue weighted by molar-refractivity contribution is -0.142. The van der Waals surface area contributed by atoms with Crippen molar-refractivity contribution in [3.8, 4) is 0 Å². The highest BCUT2D eigenvalue weighted by atomic mass is 16.5. The largest absolute Gasteiger partial charge is 0.364 e. The van der Waals surface area contributed by atoms with E-state index in [0.717, 1.165) is 45.4 Å². The highest BCUT2D eigenvalue weighted by Crippen LogP contribution is 2.41. The van der Waals surface area contributed by atoms with Gasteiger partial charge in [-0.15, -0.1) is 0 Å². The van der Waals surface area contributed by atoms with Gasteiger partial charge in [0.05, 0.1) is 13.3 Å². The Bertz CT molecular complexity index is 744. The van der Waals surface area contributed by atoms with E-state index in [1.54, 1.807) is 0 Å². The summed E-state index contributed by atoms with van der Waals surface area (Å²) in [6.45, 7) is 3.16. The van der Waals surface area contributed by atoms with Crippen LogP contribution in [-0.4, -0.2) is 47.8 Å². The van der Waals surface area contributed by atoms with Gasteiger partial charge in [0.1, 0.15) is 0 Å². The number of nitrogens with zero attached hydrogens (tertiary/aromatic N) is 1. The Balaban J connectivity index is 1.19. The van der Waals surface area contributed by atoms with Crippen LogP contribution in [0.2, 0.25) is 0 Å². The third-order valence-electron chi connectivity index (χ3n) is 6.35. The Morgan fingerprint density at radius 2 is 2.00 bits per heavy atom. The van der Waals surface area contributed by atoms with Crippen LogP contribution in [0.25, 0.3) is 10.9 Å². The summed E-state index contributed by atoms with van der Waals surface area (Å²) in [5.41, 5.74) is 2.63. The van der Waals surface area contributed by atoms with Gasteiger partial charge in [-0.3, -0.25) is 10.1 Å². The first-order chi connectivity index (χ1) is 12.2. The number of carbonyl (C=O) groups is 1. The van der Waals surface area contributed by atoms with E-state index in [-0.39, 0.29) is 11.5 Å². The summed E-state index contributed by atoms with van der Waals surface area (Å²) < 4.78 is 5.42. The minimum absolute atomic E-state index is 0.100. The minimum atomic E-state index is 0.100. The van der Waals surface area contributed by atoms with E-state index in [0.29, 0.717) is 18.6 Å². The van der Waals surface area contributed by atoms with Crippen LogP contribution in [0.5, 0.6) is 0 Å². The number of para-hydroxylation sites is 1. The lowest BCUT2D eigenvalue weighted by atomic mass is 9.68. The molecular formula is C20H25N3O2. The summed E-state index contributed by atoms with van der Waals surface area (Å²) in [4.78, 5) is 18.4. The maximum Gasteiger partial charge on any atom is 0.225 e. The van der Waals surface area contributed by atoms with Crippen molar-refractivity contribution in [3.05, 3.63) is 36.0 Å². The average Bonchev–Trinajstić information content (AvgIpc) is 3.27. The molecule has 2 aliphatic heterocycles. The number of hydrogen-bond donors (Lipinski definition) is 2. The lowest BCUT2D eigenvalue weighted by Crippen LogP contribution is -2.58. The van der Waals surface area contributed by atoms with Crippen molar-refractivity contribution >= 4 is 16.8 Å². The number of ether oxygens (including phenoxy) is 1. The predicted molar refractivity (Wildman–Crippen MR) is 96.3 cm³/mol. The summed E-state index contributed by atoms with van der Waals surface area (Å²) in [5.74, 6) is 1.09. The predicted octanol–water partition coefficient (Wildman–Crippen LogP) is 2.60. The first-order valence-electron chi connectivity index (χ1n) is 9.42. The van der Waals surface area contributed by atoms with Crippen LogP contribution in [0.15, 0.2) is 30.3 Å². The number of rotatable bonds is 2. The Kier molecular flexibility index (Phi) is 3.61. The number of carbonyl (C=O) groups excluding carboxylic acids is 1. The highest BCUT2D eigenvalue weighted by molar-refractivity contribution is 5.81. The maximum absolute atomic E-state index is 12.8. The van der Waals surface area contributed by atoms with E-state index in [4.69, 9.17) is 4.74 Å². The molecule has 3 heterocycles. The van der Waals surface area contributed by atoms with Gasteiger partial charge >= 0.3 is 0 Å². The first-order valence-corrected chi connectivity index (χ1v) is 9.42. The molecule has 0 unspecified atom stereocenters. The molecule has 0 atom stereocenters. The molecule has 1 saturated carbocycles. The molecule has 25 heavy (non-hydrogen) atoms. The van der Waals surface area contributed by atoms with Crippen molar-refractivity contribution in [2.75, 3.05) is 26.4 Å². The van der Waals surface area contributed by atoms with Crippen molar-refractivity contribution in [2.24, 2.45) is 5.92 Å². The van der Waals surface area contributed by atoms with Crippen molar-refractivity contribution in [1.29, 1.82) is 0 Å². The average molecular weight is 339 g/mol. The molecule has 1 aliphatic carbocycles. The van der Waals surface area contributed by atoms with Crippen LogP contribution in [0, 0.1) is 5.92 Å². The molecule has 1 amide bonds. The molecule has 5 nitrogen and oxygen atoms in total. The number of hydrogen-bond acceptors (Lipinski definition) is 3. The zero-order valence-corrected chi connectivity index (χ0v) is 14.5. The first kappa shape index (κ1) is 15.4. The van der Waals surface area contributed by atoms with Crippen LogP contribution in [0.4, 0.5) is 0 Å². The van der Waals surface area contributed by atoms with Crippen LogP contribution >= 0.6 is 0 Å². The number of nitrogens with one attached hydrogen (secondary N) is 2. The fourth-order valence-corrected chi connectivity index (χ4v) is 4.81. The zero-order valence-electron chi connectivity index (χ0n) is 14.5. The van der Waals surface area contributed by atoms with Crippen LogP contribution in [0.3, 0.4) is 0 Å². The van der Waals surface area contributed by atoms with Gasteiger partial charge in [-0.25, -0.2) is 0 Å². The van der Waals surface area contributed by atoms with Gasteiger partial charge in [-0.1, -0.05) is 18.2 Å². The number of piperidine rings is 1. The Morgan fingerprint density at radius 3 is 2.72 bits per heavy atom. The Hall–Kier alpha value is -1.85. The smallest absolute Gasteiger partial charge is 0.225 e. The van der Waals surface area contributed by atoms with Gasteiger partial charge in [0.2, 0.25) is 5.91 Å². The van der Waals surface area contributed by atoms with E-state index in [2.05, 4.69) is 45.5 Å². The molecule has 5 rings (SSSR count). The van der Waals surface area contributed by atoms with Crippen molar-refractivity contribution in [3.63, 3.8) is 0 Å². The minimum Gasteiger partial charge on any atom is -0.364 e. The molecule has 0 radical (unpaired) electrons. The SMILES string of the molecule is O=C(C1CC2(COCN2)C1)N1CCC(c2cc3ccccc3[nH]2)CC1. The second-order valence-electron chi connectivity index (χ2n) is 7.97. The number of likely N-dealkylation sites (tertiary alicyclic amines) is 1. The van der Waals surface area contributed by atoms with E-state index < -0.39 is 0 Å². The van der Waals surface area contributed by atoms with Gasteiger partial charge in [-0.2, -0.15) is 0 Å². The van der Waals surface area contributed by atoms with E-state index >= 15 is 0 Å². The van der Waals surface area contributed by atoms with Crippen molar-refractivity contribution in [1.82, 2.24) is 15.2 Å². The fraction of sp³-hybridized carbons (Fsp3) is 0.550. The quantitative estimate of drug-likeness (QED) is 0.884. The second kappa shape index (κ2) is 5.85. The summed E-state index contributed by atoms with van der Waals surface area (Å²) in [7, 11) is 0. The standard InChI is InChI=1S/C20H25N3O2/c24-19(16-10-20(11-16)12-25-13-21-20)23-7-5-14(6-8-23)18-9-15-3-1-2-4-17(15)22-18/h1-4,9,14,16,21-22H,5-8,10-13H2. The third-order valence-corrected chi connectivity index (χ3v) is 6.35. The maximum atomic E-state index is 12.8. The van der Waals surface area contributed by atoms with Crippen LogP contribution in [0.1, 0.15) is 37.3 Å². The number of aromatic amines is 1. The normalized spacial score (nSPS) is 30.1. The molecule has 132 valence electrons. The molecule has 2 aromatic rings. The molecule has 2 N–H and O–H groups in total. The number of aromatic nitrogens is 1. The van der Waals surface area contributed by atoms with E-state index in [1.165, 1.54) is 16.6 Å². The second-order valence-corrected chi connectivity index (χ2v) is 7.97. The molecular weight excluding hydrogens is 314 g/mol. The lowest BCUT2D eigenvalue weighted by Gasteiger charge is -2.45. The van der Waals surface area contributed by atoms with Crippen LogP contribution < -0.4 is 5.32 Å². The van der Waals surface area contributed by atoms with E-state index in [9.17, 15) is 4.79 Å². The molecule has 2 saturated heterocycles. The fourth-order valence-electron chi connectivity index (χ4n) is 4.81. The molecule has 1 aromatic heterocycles. The topological polar surface area (TPSA) is 57.4 Å². The summed E-state index contributed by atoms with van der Waals surface area (Å²) in [6, 6.07) is 10.7. The van der Waals surface area contributed by atoms with E-state index in [1.807, 2.05) is 0 Å². The van der Waals surface area contributed by atoms with Crippen molar-refractivity contribution < 1.29 is 9.53 Å². The molecule has 0 bridgehead atoms. The summed E-state index contributed by atoms with van der Waals surface area (Å²) >= 11 is 0. The molecule has 1 aromatic carbocycles. The Morgan fingerprint density at radius 1 is 1.20 bits per heavy atom. The molecule has 5 heteroatoms. The van der Waals surface area contributed by atoms with Crippen molar-refractivity contribution in [2.45, 2.75) is 37.1 Å². The van der Waals surface area contributed by atoms with Gasteiger partial charge in [0.15, 0.2) is 0 Å². The highest BCUT2D eigenvalue weighted by Gasteiger charge is 2.50. The monoisotopic (exact) mass is 339 g/mol. The van der Waals surface area contributed by atoms with Crippen LogP contribution in [-0.2, 0) is 9.53 Å². The Labute approximate surface area is 147 Å². The van der Waals surface area contributed by atoms with Gasteiger partial charge in [0.25, 0.3) is 0 Å². The molecule has 3 fully saturated rings. The summed E-state index contributed by atoms with van der Waals surface area (Å²) in [6.07, 6.45) is 3.98. The number of H-pyrrole nitrogens is 1. The third kappa shape index (κ3) is 2.66. The molecule has 1 spiro atoms. The summed E-state index contributed by atoms with van der Waals surface area (Å²) in [5, 5.41) is 4.68. The number of amides is 1. The zero-order chi connectivity index (χ0) is 16.9. The number of fused-ring (bicyclic) bond motifs is 1. The molecule has 3 aliphatic rings. The number of benzene rings is 1. The van der Waals surface area contributed by atoms with Gasteiger partial charge in [-0.05, 0) is 43.2 Å². The van der Waals surface area contributed by atoms with Gasteiger partial charge in [0, 0.05) is 41.7 Å². The van der Waals surface area contributed by atoms with Gasteiger partial charge < -0.3 is 14.6 Å².